The Morgan fingerprint density at radius 3 is 2.54 bits per heavy atom. The summed E-state index contributed by atoms with van der Waals surface area (Å²) in [5.74, 6) is 2.14. The Labute approximate surface area is 207 Å². The van der Waals surface area contributed by atoms with E-state index in [4.69, 9.17) is 14.6 Å². The molecule has 1 saturated heterocycles. The van der Waals surface area contributed by atoms with Crippen LogP contribution in [0.25, 0.3) is 0 Å². The predicted octanol–water partition coefficient (Wildman–Crippen LogP) is 5.62. The van der Waals surface area contributed by atoms with Gasteiger partial charge in [0.25, 0.3) is 12.4 Å². The number of carboxylic acid groups (broad SMARTS) is 1. The van der Waals surface area contributed by atoms with E-state index in [1.54, 1.807) is 11.0 Å². The third-order valence-electron chi connectivity index (χ3n) is 8.75. The summed E-state index contributed by atoms with van der Waals surface area (Å²) in [7, 11) is 0. The van der Waals surface area contributed by atoms with E-state index < -0.39 is 11.2 Å². The molecule has 35 heavy (non-hydrogen) atoms. The topological polar surface area (TPSA) is 90.6 Å². The van der Waals surface area contributed by atoms with Crippen molar-refractivity contribution in [2.75, 3.05) is 19.7 Å². The summed E-state index contributed by atoms with van der Waals surface area (Å²) >= 11 is 0. The summed E-state index contributed by atoms with van der Waals surface area (Å²) in [6.45, 7) is 5.97. The number of carbonyl (C=O) groups excluding carboxylic acids is 1. The molecule has 1 N–H and O–H groups in total. The summed E-state index contributed by atoms with van der Waals surface area (Å²) in [4.78, 5) is 23.0. The van der Waals surface area contributed by atoms with Crippen LogP contribution in [-0.4, -0.2) is 42.1 Å². The van der Waals surface area contributed by atoms with Crippen LogP contribution in [0, 0.1) is 46.2 Å². The lowest BCUT2D eigenvalue weighted by Crippen LogP contribution is -2.49. The first-order valence-electron chi connectivity index (χ1n) is 13.1. The van der Waals surface area contributed by atoms with E-state index in [1.165, 1.54) is 12.5 Å². The van der Waals surface area contributed by atoms with Gasteiger partial charge in [-0.2, -0.15) is 5.26 Å². The molecule has 4 fully saturated rings. The molecule has 1 amide bonds. The van der Waals surface area contributed by atoms with Crippen molar-refractivity contribution in [3.63, 3.8) is 0 Å². The fraction of sp³-hybridized carbons (Fsp3) is 0.679. The second-order valence-corrected chi connectivity index (χ2v) is 11.2. The molecular weight excluding hydrogens is 447 g/mol. The number of likely N-dealkylation sites (tertiary alicyclic amines) is 1. The highest BCUT2D eigenvalue weighted by Gasteiger charge is 2.52. The van der Waals surface area contributed by atoms with E-state index >= 15 is 4.39 Å². The third-order valence-corrected chi connectivity index (χ3v) is 8.75. The van der Waals surface area contributed by atoms with Gasteiger partial charge in [0.05, 0.1) is 17.0 Å². The van der Waals surface area contributed by atoms with Crippen LogP contribution in [0.4, 0.5) is 4.39 Å². The highest BCUT2D eigenvalue weighted by Crippen LogP contribution is 2.55. The number of nitrogens with zero attached hydrogens (tertiary/aromatic N) is 2. The van der Waals surface area contributed by atoms with Gasteiger partial charge in [0, 0.05) is 19.2 Å². The number of hydrogen-bond donors (Lipinski definition) is 1. The minimum Gasteiger partial charge on any atom is -0.491 e. The average Bonchev–Trinajstić information content (AvgIpc) is 3.51. The number of ether oxygens (including phenoxy) is 1. The lowest BCUT2D eigenvalue weighted by molar-refractivity contribution is -0.122. The molecule has 1 aromatic rings. The predicted molar refractivity (Wildman–Crippen MR) is 130 cm³/mol. The second kappa shape index (κ2) is 10.6. The monoisotopic (exact) mass is 484 g/mol. The number of hydrogen-bond acceptors (Lipinski definition) is 4. The van der Waals surface area contributed by atoms with E-state index in [9.17, 15) is 10.1 Å². The van der Waals surface area contributed by atoms with Crippen molar-refractivity contribution in [1.82, 2.24) is 4.90 Å². The molecule has 1 heterocycles. The summed E-state index contributed by atoms with van der Waals surface area (Å²) in [5.41, 5.74) is 0.596. The standard InChI is InChI=1S/C27H35FN2O2.CH2O2/c1-17-9-19-11-18(2)27(15-29,21(10-17)12-19)16-32-25-14-24(28)23(13-22(25)20-5-6-20)26(31)30-7-3-4-8-30;2-1-3/h13-14,17-21H,3-12,16H2,1-2H3;1H,(H,2,3). The Bertz CT molecular complexity index is 978. The normalized spacial score (nSPS) is 31.7. The third kappa shape index (κ3) is 5.17. The molecule has 0 aromatic heterocycles. The largest absolute Gasteiger partial charge is 0.491 e. The minimum atomic E-state index is -0.521. The van der Waals surface area contributed by atoms with Crippen molar-refractivity contribution in [2.45, 2.75) is 71.1 Å². The molecule has 0 spiro atoms. The van der Waals surface area contributed by atoms with Gasteiger partial charge in [0.15, 0.2) is 0 Å². The smallest absolute Gasteiger partial charge is 0.290 e. The Morgan fingerprint density at radius 2 is 1.91 bits per heavy atom. The molecule has 190 valence electrons. The van der Waals surface area contributed by atoms with Crippen LogP contribution in [0.2, 0.25) is 0 Å². The van der Waals surface area contributed by atoms with Crippen LogP contribution in [0.15, 0.2) is 12.1 Å². The molecular formula is C28H37FN2O4. The number of halogens is 1. The lowest BCUT2D eigenvalue weighted by Gasteiger charge is -2.50. The van der Waals surface area contributed by atoms with E-state index in [0.717, 1.165) is 56.4 Å². The van der Waals surface area contributed by atoms with E-state index in [-0.39, 0.29) is 23.9 Å². The van der Waals surface area contributed by atoms with Gasteiger partial charge in [-0.25, -0.2) is 4.39 Å². The van der Waals surface area contributed by atoms with Crippen molar-refractivity contribution >= 4 is 12.4 Å². The Hall–Kier alpha value is -2.62. The van der Waals surface area contributed by atoms with Gasteiger partial charge >= 0.3 is 0 Å². The lowest BCUT2D eigenvalue weighted by atomic mass is 9.53. The molecule has 5 unspecified atom stereocenters. The van der Waals surface area contributed by atoms with E-state index in [0.29, 0.717) is 43.2 Å². The molecule has 6 nitrogen and oxygen atoms in total. The highest BCUT2D eigenvalue weighted by atomic mass is 19.1. The molecule has 1 aliphatic heterocycles. The van der Waals surface area contributed by atoms with Gasteiger partial charge in [-0.3, -0.25) is 9.59 Å². The van der Waals surface area contributed by atoms with Gasteiger partial charge in [0.1, 0.15) is 18.2 Å². The first kappa shape index (κ1) is 25.5. The van der Waals surface area contributed by atoms with Crippen LogP contribution in [0.1, 0.15) is 87.1 Å². The first-order chi connectivity index (χ1) is 16.8. The van der Waals surface area contributed by atoms with Crippen LogP contribution in [-0.2, 0) is 4.79 Å². The fourth-order valence-corrected chi connectivity index (χ4v) is 6.83. The fourth-order valence-electron chi connectivity index (χ4n) is 6.83. The number of benzene rings is 1. The van der Waals surface area contributed by atoms with Crippen LogP contribution < -0.4 is 4.74 Å². The van der Waals surface area contributed by atoms with Crippen LogP contribution in [0.3, 0.4) is 0 Å². The van der Waals surface area contributed by atoms with Gasteiger partial charge < -0.3 is 14.7 Å². The molecule has 0 radical (unpaired) electrons. The summed E-state index contributed by atoms with van der Waals surface area (Å²) in [6, 6.07) is 5.84. The zero-order valence-electron chi connectivity index (χ0n) is 20.8. The van der Waals surface area contributed by atoms with E-state index in [2.05, 4.69) is 19.9 Å². The maximum absolute atomic E-state index is 15.1. The van der Waals surface area contributed by atoms with Gasteiger partial charge in [-0.15, -0.1) is 0 Å². The molecule has 3 aliphatic carbocycles. The summed E-state index contributed by atoms with van der Waals surface area (Å²) < 4.78 is 21.4. The SMILES string of the molecule is CC1CC2CC(C)C(C#N)(COc3cc(F)c(C(=O)N4CCCC4)cc3C3CC3)C(C1)C2.O=CO. The van der Waals surface area contributed by atoms with Crippen molar-refractivity contribution in [1.29, 1.82) is 5.26 Å². The summed E-state index contributed by atoms with van der Waals surface area (Å²) in [5, 5.41) is 17.2. The van der Waals surface area contributed by atoms with Crippen molar-refractivity contribution in [3.05, 3.63) is 29.1 Å². The number of fused-ring (bicyclic) bond motifs is 2. The Balaban J connectivity index is 0.000000917. The van der Waals surface area contributed by atoms with Gasteiger partial charge in [-0.05, 0) is 92.6 Å². The molecule has 7 heteroatoms. The molecule has 5 atom stereocenters. The van der Waals surface area contributed by atoms with E-state index in [1.807, 2.05) is 0 Å². The zero-order chi connectivity index (χ0) is 25.2. The molecule has 5 rings (SSSR count). The number of amides is 1. The maximum atomic E-state index is 15.1. The van der Waals surface area contributed by atoms with Gasteiger partial charge in [-0.1, -0.05) is 13.8 Å². The number of nitriles is 1. The average molecular weight is 485 g/mol. The molecule has 1 aromatic carbocycles. The zero-order valence-corrected chi connectivity index (χ0v) is 20.8. The Kier molecular flexibility index (Phi) is 7.68. The maximum Gasteiger partial charge on any atom is 0.290 e. The van der Waals surface area contributed by atoms with Crippen molar-refractivity contribution in [2.24, 2.45) is 29.1 Å². The molecule has 3 saturated carbocycles. The van der Waals surface area contributed by atoms with Crippen molar-refractivity contribution in [3.8, 4) is 11.8 Å². The second-order valence-electron chi connectivity index (χ2n) is 11.2. The van der Waals surface area contributed by atoms with Crippen LogP contribution >= 0.6 is 0 Å². The van der Waals surface area contributed by atoms with Gasteiger partial charge in [0.2, 0.25) is 0 Å². The number of rotatable bonds is 5. The summed E-state index contributed by atoms with van der Waals surface area (Å²) in [6.07, 6.45) is 8.58. The number of carbonyl (C=O) groups is 2. The van der Waals surface area contributed by atoms with Crippen LogP contribution in [0.5, 0.6) is 5.75 Å². The minimum absolute atomic E-state index is 0.172. The van der Waals surface area contributed by atoms with Crippen molar-refractivity contribution < 1.29 is 23.8 Å². The first-order valence-corrected chi connectivity index (χ1v) is 13.1. The highest BCUT2D eigenvalue weighted by molar-refractivity contribution is 5.95. The quantitative estimate of drug-likeness (QED) is 0.548. The molecule has 4 aliphatic rings. The molecule has 2 bridgehead atoms. The Morgan fingerprint density at radius 1 is 1.23 bits per heavy atom.